The number of hydrogen-bond donors (Lipinski definition) is 1. The number of nitrogens with zero attached hydrogens (tertiary/aromatic N) is 1. The van der Waals surface area contributed by atoms with E-state index < -0.39 is 4.92 Å². The van der Waals surface area contributed by atoms with Crippen molar-refractivity contribution < 1.29 is 9.72 Å². The minimum Gasteiger partial charge on any atom is -0.351 e. The molecule has 1 aromatic heterocycles. The van der Waals surface area contributed by atoms with Gasteiger partial charge in [0.25, 0.3) is 11.6 Å². The molecule has 0 spiro atoms. The highest BCUT2D eigenvalue weighted by atomic mass is 79.9. The summed E-state index contributed by atoms with van der Waals surface area (Å²) < 4.78 is 0.961. The molecule has 1 N–H and O–H groups in total. The Morgan fingerprint density at radius 3 is 2.57 bits per heavy atom. The van der Waals surface area contributed by atoms with Crippen molar-refractivity contribution in [1.29, 1.82) is 0 Å². The van der Waals surface area contributed by atoms with Crippen molar-refractivity contribution in [3.05, 3.63) is 60.2 Å². The molecule has 7 heteroatoms. The van der Waals surface area contributed by atoms with Gasteiger partial charge < -0.3 is 5.32 Å². The molecule has 0 aliphatic heterocycles. The monoisotopic (exact) mass is 368 g/mol. The molecule has 1 heterocycles. The molecule has 0 aliphatic rings. The molecular formula is C14H13BrN2O3S. The summed E-state index contributed by atoms with van der Waals surface area (Å²) in [4.78, 5) is 22.7. The lowest BCUT2D eigenvalue weighted by Gasteiger charge is -2.03. The van der Waals surface area contributed by atoms with E-state index in [1.807, 2.05) is 13.0 Å². The zero-order valence-corrected chi connectivity index (χ0v) is 13.7. The number of carbonyl (C=O) groups excluding carboxylic acids is 1. The fraction of sp³-hybridized carbons (Fsp3) is 0.214. The average Bonchev–Trinajstić information content (AvgIpc) is 2.79. The number of hydrogen-bond acceptors (Lipinski definition) is 4. The molecule has 0 aliphatic carbocycles. The lowest BCUT2D eigenvalue weighted by molar-refractivity contribution is -0.384. The summed E-state index contributed by atoms with van der Waals surface area (Å²) in [6, 6.07) is 8.19. The Morgan fingerprint density at radius 2 is 2.05 bits per heavy atom. The first-order valence-electron chi connectivity index (χ1n) is 6.25. The molecule has 1 aromatic carbocycles. The van der Waals surface area contributed by atoms with E-state index in [0.717, 1.165) is 14.9 Å². The largest absolute Gasteiger partial charge is 0.351 e. The maximum Gasteiger partial charge on any atom is 0.269 e. The lowest BCUT2D eigenvalue weighted by atomic mass is 10.1. The molecule has 21 heavy (non-hydrogen) atoms. The van der Waals surface area contributed by atoms with Crippen molar-refractivity contribution in [3.63, 3.8) is 0 Å². The van der Waals surface area contributed by atoms with Crippen LogP contribution in [0.25, 0.3) is 0 Å². The zero-order chi connectivity index (χ0) is 15.4. The van der Waals surface area contributed by atoms with E-state index in [1.165, 1.54) is 23.5 Å². The Balaban J connectivity index is 1.86. The quantitative estimate of drug-likeness (QED) is 0.645. The van der Waals surface area contributed by atoms with Crippen LogP contribution in [0.3, 0.4) is 0 Å². The second-order valence-corrected chi connectivity index (χ2v) is 6.87. The summed E-state index contributed by atoms with van der Waals surface area (Å²) in [6.07, 6.45) is 0.634. The standard InChI is InChI=1S/C14H13BrN2O3S/c1-9-8-12(21-13(9)15)14(18)16-7-6-10-2-4-11(5-3-10)17(19)20/h2-5,8H,6-7H2,1H3,(H,16,18). The van der Waals surface area contributed by atoms with Gasteiger partial charge in [0.2, 0.25) is 0 Å². The molecule has 5 nitrogen and oxygen atoms in total. The second-order valence-electron chi connectivity index (χ2n) is 4.50. The van der Waals surface area contributed by atoms with Crippen molar-refractivity contribution in [3.8, 4) is 0 Å². The van der Waals surface area contributed by atoms with Crippen molar-refractivity contribution >= 4 is 38.9 Å². The van der Waals surface area contributed by atoms with Gasteiger partial charge in [-0.05, 0) is 46.5 Å². The van der Waals surface area contributed by atoms with Crippen LogP contribution in [0.1, 0.15) is 20.8 Å². The first-order valence-corrected chi connectivity index (χ1v) is 7.86. The summed E-state index contributed by atoms with van der Waals surface area (Å²) in [7, 11) is 0. The molecule has 0 unspecified atom stereocenters. The smallest absolute Gasteiger partial charge is 0.269 e. The average molecular weight is 369 g/mol. The minimum absolute atomic E-state index is 0.0710. The topological polar surface area (TPSA) is 72.2 Å². The van der Waals surface area contributed by atoms with Crippen molar-refractivity contribution in [2.45, 2.75) is 13.3 Å². The Bertz CT molecular complexity index is 648. The van der Waals surface area contributed by atoms with Crippen LogP contribution in [0.2, 0.25) is 0 Å². The highest BCUT2D eigenvalue weighted by Gasteiger charge is 2.10. The Morgan fingerprint density at radius 1 is 1.38 bits per heavy atom. The van der Waals surface area contributed by atoms with Crippen LogP contribution in [0.5, 0.6) is 0 Å². The highest BCUT2D eigenvalue weighted by Crippen LogP contribution is 2.27. The molecule has 0 atom stereocenters. The first-order chi connectivity index (χ1) is 9.97. The van der Waals surface area contributed by atoms with Crippen LogP contribution in [0.4, 0.5) is 5.69 Å². The van der Waals surface area contributed by atoms with Crippen LogP contribution in [0, 0.1) is 17.0 Å². The number of non-ortho nitro benzene ring substituents is 1. The Hall–Kier alpha value is -1.73. The van der Waals surface area contributed by atoms with Crippen LogP contribution in [-0.2, 0) is 6.42 Å². The van der Waals surface area contributed by atoms with Gasteiger partial charge in [-0.15, -0.1) is 11.3 Å². The van der Waals surface area contributed by atoms with Gasteiger partial charge in [0.05, 0.1) is 13.6 Å². The molecule has 0 saturated carbocycles. The number of amides is 1. The van der Waals surface area contributed by atoms with Crippen LogP contribution in [-0.4, -0.2) is 17.4 Å². The lowest BCUT2D eigenvalue weighted by Crippen LogP contribution is -2.24. The predicted molar refractivity (Wildman–Crippen MR) is 85.9 cm³/mol. The predicted octanol–water partition coefficient (Wildman–Crippen LogP) is 3.70. The Kier molecular flexibility index (Phi) is 5.08. The summed E-state index contributed by atoms with van der Waals surface area (Å²) in [5, 5.41) is 13.4. The van der Waals surface area contributed by atoms with Crippen molar-refractivity contribution in [2.24, 2.45) is 0 Å². The molecular weight excluding hydrogens is 356 g/mol. The molecule has 110 valence electrons. The normalized spacial score (nSPS) is 10.4. The summed E-state index contributed by atoms with van der Waals surface area (Å²) in [5.41, 5.74) is 2.06. The van der Waals surface area contributed by atoms with Gasteiger partial charge in [-0.25, -0.2) is 0 Å². The third kappa shape index (κ3) is 4.12. The number of benzene rings is 1. The van der Waals surface area contributed by atoms with Gasteiger partial charge >= 0.3 is 0 Å². The van der Waals surface area contributed by atoms with Gasteiger partial charge in [0.1, 0.15) is 0 Å². The second kappa shape index (κ2) is 6.82. The van der Waals surface area contributed by atoms with Crippen LogP contribution >= 0.6 is 27.3 Å². The van der Waals surface area contributed by atoms with E-state index in [9.17, 15) is 14.9 Å². The third-order valence-electron chi connectivity index (χ3n) is 2.93. The number of aryl methyl sites for hydroxylation is 1. The van der Waals surface area contributed by atoms with E-state index in [1.54, 1.807) is 12.1 Å². The third-order valence-corrected chi connectivity index (χ3v) is 5.06. The molecule has 2 rings (SSSR count). The molecule has 2 aromatic rings. The number of carbonyl (C=O) groups is 1. The number of nitrogens with one attached hydrogen (secondary N) is 1. The Labute approximate surface area is 134 Å². The number of nitro groups is 1. The number of nitro benzene ring substituents is 1. The van der Waals surface area contributed by atoms with Gasteiger partial charge in [-0.1, -0.05) is 12.1 Å². The van der Waals surface area contributed by atoms with Gasteiger partial charge in [0, 0.05) is 18.7 Å². The number of thiophene rings is 1. The minimum atomic E-state index is -0.428. The van der Waals surface area contributed by atoms with Gasteiger partial charge in [-0.2, -0.15) is 0 Å². The van der Waals surface area contributed by atoms with Crippen molar-refractivity contribution in [1.82, 2.24) is 5.32 Å². The summed E-state index contributed by atoms with van der Waals surface area (Å²) in [5.74, 6) is -0.101. The van der Waals surface area contributed by atoms with E-state index in [0.29, 0.717) is 17.8 Å². The maximum absolute atomic E-state index is 11.9. The SMILES string of the molecule is Cc1cc(C(=O)NCCc2ccc([N+](=O)[O-])cc2)sc1Br. The molecule has 1 amide bonds. The summed E-state index contributed by atoms with van der Waals surface area (Å²) >= 11 is 4.79. The first kappa shape index (κ1) is 15.7. The van der Waals surface area contributed by atoms with Crippen molar-refractivity contribution in [2.75, 3.05) is 6.54 Å². The fourth-order valence-electron chi connectivity index (χ4n) is 1.76. The number of halogens is 1. The number of rotatable bonds is 5. The summed E-state index contributed by atoms with van der Waals surface area (Å²) in [6.45, 7) is 2.43. The molecule has 0 bridgehead atoms. The van der Waals surface area contributed by atoms with E-state index in [-0.39, 0.29) is 11.6 Å². The van der Waals surface area contributed by atoms with Gasteiger partial charge in [0.15, 0.2) is 0 Å². The molecule has 0 fully saturated rings. The zero-order valence-electron chi connectivity index (χ0n) is 11.3. The highest BCUT2D eigenvalue weighted by molar-refractivity contribution is 9.11. The molecule has 0 saturated heterocycles. The van der Waals surface area contributed by atoms with Crippen LogP contribution in [0.15, 0.2) is 34.1 Å². The fourth-order valence-corrected chi connectivity index (χ4v) is 3.21. The van der Waals surface area contributed by atoms with E-state index >= 15 is 0 Å². The van der Waals surface area contributed by atoms with Gasteiger partial charge in [-0.3, -0.25) is 14.9 Å². The van der Waals surface area contributed by atoms with E-state index in [2.05, 4.69) is 21.2 Å². The van der Waals surface area contributed by atoms with Crippen LogP contribution < -0.4 is 5.32 Å². The van der Waals surface area contributed by atoms with E-state index in [4.69, 9.17) is 0 Å². The maximum atomic E-state index is 11.9. The molecule has 0 radical (unpaired) electrons.